The Balaban J connectivity index is 1.65. The monoisotopic (exact) mass is 299 g/mol. The van der Waals surface area contributed by atoms with Crippen LogP contribution in [0.15, 0.2) is 0 Å². The molecule has 0 N–H and O–H groups in total. The Kier molecular flexibility index (Phi) is 4.04. The number of aromatic nitrogens is 2. The number of likely N-dealkylation sites (tertiary alicyclic amines) is 1. The quantitative estimate of drug-likeness (QED) is 0.858. The van der Waals surface area contributed by atoms with Gasteiger partial charge in [-0.15, -0.1) is 0 Å². The third-order valence-corrected chi connectivity index (χ3v) is 4.75. The van der Waals surface area contributed by atoms with Crippen LogP contribution in [0.3, 0.4) is 0 Å². The summed E-state index contributed by atoms with van der Waals surface area (Å²) in [6, 6.07) is 0. The lowest BCUT2D eigenvalue weighted by Crippen LogP contribution is -2.44. The van der Waals surface area contributed by atoms with Crippen LogP contribution in [0.25, 0.3) is 0 Å². The summed E-state index contributed by atoms with van der Waals surface area (Å²) in [4.78, 5) is 2.41. The molecule has 1 aromatic heterocycles. The molecular weight excluding hydrogens is 278 g/mol. The maximum Gasteiger partial charge on any atom is 0.170 e. The van der Waals surface area contributed by atoms with E-state index in [-0.39, 0.29) is 5.79 Å². The molecule has 0 aromatic carbocycles. The van der Waals surface area contributed by atoms with Gasteiger partial charge in [-0.3, -0.25) is 9.58 Å². The molecule has 0 unspecified atom stereocenters. The molecule has 1 spiro atoms. The van der Waals surface area contributed by atoms with E-state index < -0.39 is 0 Å². The third-order valence-electron chi connectivity index (χ3n) is 4.26. The molecular formula is C14H22ClN3O2. The van der Waals surface area contributed by atoms with E-state index in [1.54, 1.807) is 0 Å². The van der Waals surface area contributed by atoms with E-state index in [0.717, 1.165) is 68.6 Å². The molecule has 3 heterocycles. The summed E-state index contributed by atoms with van der Waals surface area (Å²) >= 11 is 6.37. The topological polar surface area (TPSA) is 39.5 Å². The molecule has 2 aliphatic rings. The lowest BCUT2D eigenvalue weighted by Gasteiger charge is -2.37. The van der Waals surface area contributed by atoms with Gasteiger partial charge in [0.25, 0.3) is 0 Å². The second kappa shape index (κ2) is 5.64. The Bertz CT molecular complexity index is 473. The van der Waals surface area contributed by atoms with Crippen LogP contribution in [0.4, 0.5) is 0 Å². The molecule has 2 fully saturated rings. The summed E-state index contributed by atoms with van der Waals surface area (Å²) in [7, 11) is 0. The standard InChI is InChI=1S/C14H22ClN3O2/c1-3-18-12(13(15)11(2)16-18)10-17-6-4-14(5-7-17)19-8-9-20-14/h3-10H2,1-2H3. The summed E-state index contributed by atoms with van der Waals surface area (Å²) in [5, 5.41) is 5.28. The van der Waals surface area contributed by atoms with Gasteiger partial charge in [-0.2, -0.15) is 5.10 Å². The van der Waals surface area contributed by atoms with Gasteiger partial charge in [-0.1, -0.05) is 11.6 Å². The van der Waals surface area contributed by atoms with Gasteiger partial charge in [-0.25, -0.2) is 0 Å². The fraction of sp³-hybridized carbons (Fsp3) is 0.786. The second-order valence-corrected chi connectivity index (χ2v) is 5.92. The van der Waals surface area contributed by atoms with E-state index in [2.05, 4.69) is 16.9 Å². The zero-order valence-corrected chi connectivity index (χ0v) is 12.9. The van der Waals surface area contributed by atoms with E-state index in [0.29, 0.717) is 0 Å². The van der Waals surface area contributed by atoms with E-state index in [1.165, 1.54) is 0 Å². The lowest BCUT2D eigenvalue weighted by atomic mass is 10.0. The Hall–Kier alpha value is -0.620. The minimum absolute atomic E-state index is 0.304. The Labute approximate surface area is 124 Å². The molecule has 112 valence electrons. The number of hydrogen-bond acceptors (Lipinski definition) is 4. The first-order valence-electron chi connectivity index (χ1n) is 7.35. The predicted octanol–water partition coefficient (Wildman–Crippen LogP) is 2.20. The first-order chi connectivity index (χ1) is 9.63. The van der Waals surface area contributed by atoms with Crippen LogP contribution < -0.4 is 0 Å². The van der Waals surface area contributed by atoms with Gasteiger partial charge in [0.05, 0.1) is 29.6 Å². The molecule has 1 aromatic rings. The average molecular weight is 300 g/mol. The van der Waals surface area contributed by atoms with Crippen LogP contribution in [-0.2, 0) is 22.6 Å². The molecule has 0 saturated carbocycles. The molecule has 5 nitrogen and oxygen atoms in total. The molecule has 0 radical (unpaired) electrons. The summed E-state index contributed by atoms with van der Waals surface area (Å²) in [6.07, 6.45) is 1.87. The van der Waals surface area contributed by atoms with Gasteiger partial charge in [0.15, 0.2) is 5.79 Å². The van der Waals surface area contributed by atoms with Crippen molar-refractivity contribution < 1.29 is 9.47 Å². The molecule has 0 aliphatic carbocycles. The zero-order chi connectivity index (χ0) is 14.2. The third kappa shape index (κ3) is 2.60. The molecule has 3 rings (SSSR count). The fourth-order valence-corrected chi connectivity index (χ4v) is 3.26. The van der Waals surface area contributed by atoms with Crippen molar-refractivity contribution in [2.75, 3.05) is 26.3 Å². The van der Waals surface area contributed by atoms with Gasteiger partial charge in [0.1, 0.15) is 0 Å². The highest BCUT2D eigenvalue weighted by atomic mass is 35.5. The smallest absolute Gasteiger partial charge is 0.170 e. The number of hydrogen-bond donors (Lipinski definition) is 0. The van der Waals surface area contributed by atoms with Crippen LogP contribution in [0, 0.1) is 6.92 Å². The van der Waals surface area contributed by atoms with Crippen LogP contribution in [0.2, 0.25) is 5.02 Å². The lowest BCUT2D eigenvalue weighted by molar-refractivity contribution is -0.185. The minimum Gasteiger partial charge on any atom is -0.347 e. The molecule has 0 bridgehead atoms. The number of halogens is 1. The van der Waals surface area contributed by atoms with Crippen molar-refractivity contribution >= 4 is 11.6 Å². The van der Waals surface area contributed by atoms with Gasteiger partial charge < -0.3 is 9.47 Å². The van der Waals surface area contributed by atoms with E-state index in [4.69, 9.17) is 21.1 Å². The van der Waals surface area contributed by atoms with E-state index in [9.17, 15) is 0 Å². The van der Waals surface area contributed by atoms with Gasteiger partial charge in [0.2, 0.25) is 0 Å². The number of piperidine rings is 1. The minimum atomic E-state index is -0.304. The number of nitrogens with zero attached hydrogens (tertiary/aromatic N) is 3. The van der Waals surface area contributed by atoms with Crippen molar-refractivity contribution in [1.29, 1.82) is 0 Å². The van der Waals surface area contributed by atoms with Crippen molar-refractivity contribution in [3.63, 3.8) is 0 Å². The molecule has 0 atom stereocenters. The number of rotatable bonds is 3. The van der Waals surface area contributed by atoms with Crippen molar-refractivity contribution in [3.8, 4) is 0 Å². The van der Waals surface area contributed by atoms with Gasteiger partial charge >= 0.3 is 0 Å². The zero-order valence-electron chi connectivity index (χ0n) is 12.2. The molecule has 20 heavy (non-hydrogen) atoms. The Morgan fingerprint density at radius 3 is 2.50 bits per heavy atom. The first-order valence-corrected chi connectivity index (χ1v) is 7.73. The average Bonchev–Trinajstić information content (AvgIpc) is 3.01. The van der Waals surface area contributed by atoms with Crippen LogP contribution >= 0.6 is 11.6 Å². The summed E-state index contributed by atoms with van der Waals surface area (Å²) < 4.78 is 13.5. The number of aryl methyl sites for hydroxylation is 2. The largest absolute Gasteiger partial charge is 0.347 e. The van der Waals surface area contributed by atoms with Gasteiger partial charge in [0, 0.05) is 39.0 Å². The highest BCUT2D eigenvalue weighted by Crippen LogP contribution is 2.32. The van der Waals surface area contributed by atoms with Crippen molar-refractivity contribution in [3.05, 3.63) is 16.4 Å². The predicted molar refractivity (Wildman–Crippen MR) is 76.8 cm³/mol. The fourth-order valence-electron chi connectivity index (χ4n) is 3.07. The summed E-state index contributed by atoms with van der Waals surface area (Å²) in [5.74, 6) is -0.304. The molecule has 2 saturated heterocycles. The maximum absolute atomic E-state index is 6.37. The van der Waals surface area contributed by atoms with Crippen molar-refractivity contribution in [2.24, 2.45) is 0 Å². The normalized spacial score (nSPS) is 22.8. The molecule has 0 amide bonds. The molecule has 6 heteroatoms. The summed E-state index contributed by atoms with van der Waals surface area (Å²) in [5.41, 5.74) is 2.04. The maximum atomic E-state index is 6.37. The van der Waals surface area contributed by atoms with Gasteiger partial charge in [-0.05, 0) is 13.8 Å². The second-order valence-electron chi connectivity index (χ2n) is 5.55. The first kappa shape index (κ1) is 14.3. The highest BCUT2D eigenvalue weighted by Gasteiger charge is 2.39. The SMILES string of the molecule is CCn1nc(C)c(Cl)c1CN1CCC2(CC1)OCCO2. The van der Waals surface area contributed by atoms with E-state index in [1.807, 2.05) is 11.6 Å². The van der Waals surface area contributed by atoms with Crippen LogP contribution in [0.1, 0.15) is 31.2 Å². The van der Waals surface area contributed by atoms with Crippen molar-refractivity contribution in [1.82, 2.24) is 14.7 Å². The van der Waals surface area contributed by atoms with Crippen LogP contribution in [0.5, 0.6) is 0 Å². The Morgan fingerprint density at radius 1 is 1.25 bits per heavy atom. The van der Waals surface area contributed by atoms with Crippen LogP contribution in [-0.4, -0.2) is 46.8 Å². The molecule has 2 aliphatic heterocycles. The number of ether oxygens (including phenoxy) is 2. The summed E-state index contributed by atoms with van der Waals surface area (Å²) in [6.45, 7) is 9.17. The Morgan fingerprint density at radius 2 is 1.90 bits per heavy atom. The highest BCUT2D eigenvalue weighted by molar-refractivity contribution is 6.31. The van der Waals surface area contributed by atoms with E-state index >= 15 is 0 Å². The van der Waals surface area contributed by atoms with Crippen molar-refractivity contribution in [2.45, 2.75) is 45.6 Å².